The number of carbonyl (C=O) groups is 1. The summed E-state index contributed by atoms with van der Waals surface area (Å²) in [4.78, 5) is 10.2. The van der Waals surface area contributed by atoms with Crippen molar-refractivity contribution in [2.45, 2.75) is 0 Å². The van der Waals surface area contributed by atoms with Crippen LogP contribution < -0.4 is 0 Å². The molecular formula is C11H10N2O. The third-order valence-corrected chi connectivity index (χ3v) is 2.14. The van der Waals surface area contributed by atoms with E-state index in [0.29, 0.717) is 0 Å². The molecule has 3 nitrogen and oxygen atoms in total. The molecule has 0 bridgehead atoms. The lowest BCUT2D eigenvalue weighted by Gasteiger charge is -1.95. The van der Waals surface area contributed by atoms with Crippen molar-refractivity contribution < 1.29 is 4.79 Å². The number of rotatable bonds is 2. The molecule has 1 aromatic carbocycles. The van der Waals surface area contributed by atoms with Crippen molar-refractivity contribution in [2.24, 2.45) is 7.05 Å². The van der Waals surface area contributed by atoms with Crippen molar-refractivity contribution >= 4 is 23.3 Å². The van der Waals surface area contributed by atoms with Crippen LogP contribution in [-0.2, 0) is 11.8 Å². The van der Waals surface area contributed by atoms with Crippen LogP contribution in [0.5, 0.6) is 0 Å². The number of hydrogen-bond acceptors (Lipinski definition) is 2. The van der Waals surface area contributed by atoms with Crippen molar-refractivity contribution in [1.29, 1.82) is 0 Å². The fraction of sp³-hybridized carbons (Fsp3) is 0.0909. The lowest BCUT2D eigenvalue weighted by molar-refractivity contribution is -0.104. The Morgan fingerprint density at radius 2 is 2.29 bits per heavy atom. The third kappa shape index (κ3) is 1.44. The van der Waals surface area contributed by atoms with Crippen molar-refractivity contribution in [3.05, 3.63) is 36.0 Å². The molecule has 0 radical (unpaired) electrons. The zero-order chi connectivity index (χ0) is 9.97. The molecule has 0 unspecified atom stereocenters. The maximum absolute atomic E-state index is 10.2. The summed E-state index contributed by atoms with van der Waals surface area (Å²) in [7, 11) is 1.90. The van der Waals surface area contributed by atoms with Gasteiger partial charge in [-0.05, 0) is 17.7 Å². The first-order valence-corrected chi connectivity index (χ1v) is 4.35. The van der Waals surface area contributed by atoms with Gasteiger partial charge in [0.1, 0.15) is 6.29 Å². The summed E-state index contributed by atoms with van der Waals surface area (Å²) in [6.07, 6.45) is 5.85. The predicted octanol–water partition coefficient (Wildman–Crippen LogP) is 1.79. The molecule has 0 aliphatic heterocycles. The van der Waals surface area contributed by atoms with Gasteiger partial charge in [0.25, 0.3) is 0 Å². The van der Waals surface area contributed by atoms with E-state index in [4.69, 9.17) is 0 Å². The number of allylic oxidation sites excluding steroid dienone is 1. The van der Waals surface area contributed by atoms with E-state index in [1.165, 1.54) is 6.08 Å². The Balaban J connectivity index is 2.54. The summed E-state index contributed by atoms with van der Waals surface area (Å²) in [5.41, 5.74) is 2.08. The molecule has 0 atom stereocenters. The van der Waals surface area contributed by atoms with Gasteiger partial charge >= 0.3 is 0 Å². The summed E-state index contributed by atoms with van der Waals surface area (Å²) in [6, 6.07) is 5.96. The minimum absolute atomic E-state index is 0.771. The Labute approximate surface area is 81.7 Å². The van der Waals surface area contributed by atoms with E-state index in [-0.39, 0.29) is 0 Å². The first-order valence-electron chi connectivity index (χ1n) is 4.35. The van der Waals surface area contributed by atoms with Gasteiger partial charge in [0, 0.05) is 12.4 Å². The van der Waals surface area contributed by atoms with Gasteiger partial charge in [0.15, 0.2) is 0 Å². The number of carbonyl (C=O) groups excluding carboxylic acids is 1. The molecule has 14 heavy (non-hydrogen) atoms. The predicted molar refractivity (Wildman–Crippen MR) is 55.8 cm³/mol. The number of nitrogens with zero attached hydrogens (tertiary/aromatic N) is 2. The highest BCUT2D eigenvalue weighted by atomic mass is 16.1. The monoisotopic (exact) mass is 186 g/mol. The topological polar surface area (TPSA) is 34.9 Å². The number of aromatic nitrogens is 2. The van der Waals surface area contributed by atoms with Crippen molar-refractivity contribution in [3.8, 4) is 0 Å². The molecule has 1 aromatic heterocycles. The summed E-state index contributed by atoms with van der Waals surface area (Å²) >= 11 is 0. The van der Waals surface area contributed by atoms with Gasteiger partial charge in [-0.25, -0.2) is 0 Å². The van der Waals surface area contributed by atoms with Gasteiger partial charge in [-0.1, -0.05) is 18.2 Å². The Kier molecular flexibility index (Phi) is 2.14. The van der Waals surface area contributed by atoms with Crippen LogP contribution in [0, 0.1) is 0 Å². The largest absolute Gasteiger partial charge is 0.299 e. The second-order valence-corrected chi connectivity index (χ2v) is 3.08. The standard InChI is InChI=1S/C11H10N2O/c1-13-11-7-9(3-2-6-14)4-5-10(11)8-12-13/h2-8H,1H3. The number of aryl methyl sites for hydroxylation is 1. The van der Waals surface area contributed by atoms with E-state index < -0.39 is 0 Å². The molecule has 0 N–H and O–H groups in total. The maximum Gasteiger partial charge on any atom is 0.142 e. The van der Waals surface area contributed by atoms with E-state index in [0.717, 1.165) is 22.8 Å². The van der Waals surface area contributed by atoms with E-state index in [1.54, 1.807) is 6.08 Å². The molecule has 0 aliphatic rings. The third-order valence-electron chi connectivity index (χ3n) is 2.14. The Morgan fingerprint density at radius 3 is 3.07 bits per heavy atom. The number of benzene rings is 1. The highest BCUT2D eigenvalue weighted by Crippen LogP contribution is 2.15. The highest BCUT2D eigenvalue weighted by molar-refractivity contribution is 5.82. The van der Waals surface area contributed by atoms with Crippen LogP contribution in [0.25, 0.3) is 17.0 Å². The first kappa shape index (κ1) is 8.69. The molecule has 1 heterocycles. The molecule has 70 valence electrons. The average molecular weight is 186 g/mol. The summed E-state index contributed by atoms with van der Waals surface area (Å²) in [5, 5.41) is 5.25. The van der Waals surface area contributed by atoms with Crippen molar-refractivity contribution in [3.63, 3.8) is 0 Å². The van der Waals surface area contributed by atoms with E-state index in [1.807, 2.05) is 36.1 Å². The van der Waals surface area contributed by atoms with Crippen LogP contribution >= 0.6 is 0 Å². The molecule has 2 rings (SSSR count). The van der Waals surface area contributed by atoms with Gasteiger partial charge in [0.05, 0.1) is 11.7 Å². The second kappa shape index (κ2) is 3.46. The minimum Gasteiger partial charge on any atom is -0.299 e. The van der Waals surface area contributed by atoms with Crippen molar-refractivity contribution in [1.82, 2.24) is 9.78 Å². The summed E-state index contributed by atoms with van der Waals surface area (Å²) < 4.78 is 1.81. The molecule has 0 aliphatic carbocycles. The van der Waals surface area contributed by atoms with E-state index in [2.05, 4.69) is 5.10 Å². The minimum atomic E-state index is 0.771. The van der Waals surface area contributed by atoms with Crippen LogP contribution in [0.15, 0.2) is 30.5 Å². The SMILES string of the molecule is Cn1ncc2ccc(C=CC=O)cc21. The maximum atomic E-state index is 10.2. The summed E-state index contributed by atoms with van der Waals surface area (Å²) in [5.74, 6) is 0. The zero-order valence-electron chi connectivity index (χ0n) is 7.84. The second-order valence-electron chi connectivity index (χ2n) is 3.08. The Hall–Kier alpha value is -1.90. The van der Waals surface area contributed by atoms with Crippen LogP contribution in [0.3, 0.4) is 0 Å². The number of aldehydes is 1. The smallest absolute Gasteiger partial charge is 0.142 e. The van der Waals surface area contributed by atoms with Crippen molar-refractivity contribution in [2.75, 3.05) is 0 Å². The van der Waals surface area contributed by atoms with Crippen LogP contribution in [0.2, 0.25) is 0 Å². The molecule has 0 spiro atoms. The molecular weight excluding hydrogens is 176 g/mol. The number of fused-ring (bicyclic) bond motifs is 1. The average Bonchev–Trinajstić information content (AvgIpc) is 2.57. The van der Waals surface area contributed by atoms with Crippen LogP contribution in [0.1, 0.15) is 5.56 Å². The van der Waals surface area contributed by atoms with Gasteiger partial charge in [0.2, 0.25) is 0 Å². The van der Waals surface area contributed by atoms with E-state index >= 15 is 0 Å². The first-order chi connectivity index (χ1) is 6.81. The quantitative estimate of drug-likeness (QED) is 0.529. The van der Waals surface area contributed by atoms with Crippen LogP contribution in [0.4, 0.5) is 0 Å². The normalized spacial score (nSPS) is 11.2. The van der Waals surface area contributed by atoms with Crippen LogP contribution in [-0.4, -0.2) is 16.1 Å². The van der Waals surface area contributed by atoms with Gasteiger partial charge in [-0.15, -0.1) is 0 Å². The molecule has 0 fully saturated rings. The molecule has 2 aromatic rings. The van der Waals surface area contributed by atoms with Gasteiger partial charge < -0.3 is 0 Å². The lowest BCUT2D eigenvalue weighted by atomic mass is 10.1. The summed E-state index contributed by atoms with van der Waals surface area (Å²) in [6.45, 7) is 0. The Bertz CT molecular complexity index is 497. The molecule has 0 saturated carbocycles. The zero-order valence-corrected chi connectivity index (χ0v) is 7.84. The Morgan fingerprint density at radius 1 is 1.43 bits per heavy atom. The fourth-order valence-corrected chi connectivity index (χ4v) is 1.42. The van der Waals surface area contributed by atoms with Gasteiger partial charge in [-0.2, -0.15) is 5.10 Å². The molecule has 0 amide bonds. The van der Waals surface area contributed by atoms with E-state index in [9.17, 15) is 4.79 Å². The fourth-order valence-electron chi connectivity index (χ4n) is 1.42. The lowest BCUT2D eigenvalue weighted by Crippen LogP contribution is -1.88. The highest BCUT2D eigenvalue weighted by Gasteiger charge is 1.98. The molecule has 3 heteroatoms. The molecule has 0 saturated heterocycles. The number of hydrogen-bond donors (Lipinski definition) is 0. The van der Waals surface area contributed by atoms with Gasteiger partial charge in [-0.3, -0.25) is 9.48 Å².